The Morgan fingerprint density at radius 1 is 1.45 bits per heavy atom. The molecule has 1 amide bonds. The number of rotatable bonds is 3. The van der Waals surface area contributed by atoms with E-state index in [2.05, 4.69) is 15.0 Å². The minimum Gasteiger partial charge on any atom is -0.368 e. The first kappa shape index (κ1) is 15.1. The molecule has 0 spiro atoms. The molecule has 2 aromatic heterocycles. The van der Waals surface area contributed by atoms with Gasteiger partial charge in [-0.3, -0.25) is 4.79 Å². The third-order valence-corrected chi connectivity index (χ3v) is 4.37. The molecule has 0 N–H and O–H groups in total. The van der Waals surface area contributed by atoms with E-state index in [4.69, 9.17) is 4.74 Å². The first-order valence-corrected chi connectivity index (χ1v) is 8.09. The molecule has 7 heteroatoms. The van der Waals surface area contributed by atoms with Crippen LogP contribution in [-0.2, 0) is 16.0 Å². The smallest absolute Gasteiger partial charge is 0.228 e. The van der Waals surface area contributed by atoms with E-state index in [9.17, 15) is 4.79 Å². The summed E-state index contributed by atoms with van der Waals surface area (Å²) >= 11 is 1.57. The maximum absolute atomic E-state index is 12.4. The largest absolute Gasteiger partial charge is 0.368 e. The van der Waals surface area contributed by atoms with E-state index in [1.165, 1.54) is 0 Å². The number of amides is 1. The van der Waals surface area contributed by atoms with Gasteiger partial charge in [0.1, 0.15) is 11.9 Å². The Labute approximate surface area is 133 Å². The van der Waals surface area contributed by atoms with Crippen molar-refractivity contribution in [3.8, 4) is 0 Å². The van der Waals surface area contributed by atoms with Crippen LogP contribution in [0.5, 0.6) is 0 Å². The average Bonchev–Trinajstić information content (AvgIpc) is 2.92. The molecule has 1 aliphatic heterocycles. The lowest BCUT2D eigenvalue weighted by Gasteiger charge is -2.32. The van der Waals surface area contributed by atoms with Gasteiger partial charge in [0, 0.05) is 18.1 Å². The highest BCUT2D eigenvalue weighted by Crippen LogP contribution is 2.21. The number of aromatic nitrogens is 3. The Hall–Kier alpha value is -1.86. The molecule has 0 unspecified atom stereocenters. The molecule has 0 radical (unpaired) electrons. The third-order valence-electron chi connectivity index (χ3n) is 3.55. The number of nitrogens with zero attached hydrogens (tertiary/aromatic N) is 4. The minimum absolute atomic E-state index is 0.0874. The van der Waals surface area contributed by atoms with Crippen molar-refractivity contribution in [3.05, 3.63) is 39.9 Å². The summed E-state index contributed by atoms with van der Waals surface area (Å²) in [5.74, 6) is 0.798. The molecular formula is C15H18N4O2S. The molecule has 0 aliphatic carbocycles. The molecule has 3 heterocycles. The third kappa shape index (κ3) is 3.48. The van der Waals surface area contributed by atoms with Crippen LogP contribution >= 0.6 is 11.3 Å². The summed E-state index contributed by atoms with van der Waals surface area (Å²) in [5, 5.41) is 2.93. The van der Waals surface area contributed by atoms with Crippen molar-refractivity contribution < 1.29 is 9.53 Å². The Bertz CT molecular complexity index is 673. The van der Waals surface area contributed by atoms with Gasteiger partial charge in [0.25, 0.3) is 0 Å². The topological polar surface area (TPSA) is 68.2 Å². The fraction of sp³-hybridized carbons (Fsp3) is 0.467. The van der Waals surface area contributed by atoms with E-state index in [0.717, 1.165) is 16.4 Å². The first-order chi connectivity index (χ1) is 10.6. The fourth-order valence-corrected chi connectivity index (χ4v) is 3.08. The molecule has 0 saturated carbocycles. The Morgan fingerprint density at radius 2 is 2.32 bits per heavy atom. The zero-order valence-corrected chi connectivity index (χ0v) is 13.5. The molecule has 3 rings (SSSR count). The number of carbonyl (C=O) groups excluding carboxylic acids is 1. The molecule has 1 aliphatic rings. The lowest BCUT2D eigenvalue weighted by atomic mass is 10.2. The number of carbonyl (C=O) groups is 1. The molecule has 1 saturated heterocycles. The number of ether oxygens (including phenoxy) is 1. The van der Waals surface area contributed by atoms with Crippen LogP contribution in [0.2, 0.25) is 0 Å². The summed E-state index contributed by atoms with van der Waals surface area (Å²) in [5.41, 5.74) is 1.67. The van der Waals surface area contributed by atoms with Crippen LogP contribution in [0.4, 0.5) is 0 Å². The number of hydrogen-bond acceptors (Lipinski definition) is 6. The van der Waals surface area contributed by atoms with Crippen LogP contribution in [0, 0.1) is 13.8 Å². The summed E-state index contributed by atoms with van der Waals surface area (Å²) < 4.78 is 5.76. The molecule has 116 valence electrons. The second-order valence-electron chi connectivity index (χ2n) is 5.26. The van der Waals surface area contributed by atoms with E-state index < -0.39 is 0 Å². The predicted molar refractivity (Wildman–Crippen MR) is 82.6 cm³/mol. The normalized spacial score (nSPS) is 18.5. The molecule has 1 fully saturated rings. The highest BCUT2D eigenvalue weighted by atomic mass is 32.1. The van der Waals surface area contributed by atoms with Gasteiger partial charge in [0.15, 0.2) is 0 Å². The van der Waals surface area contributed by atoms with Crippen LogP contribution in [0.25, 0.3) is 0 Å². The van der Waals surface area contributed by atoms with Crippen molar-refractivity contribution in [2.24, 2.45) is 0 Å². The van der Waals surface area contributed by atoms with Crippen LogP contribution in [0.1, 0.15) is 28.3 Å². The number of hydrogen-bond donors (Lipinski definition) is 0. The van der Waals surface area contributed by atoms with Crippen LogP contribution < -0.4 is 0 Å². The van der Waals surface area contributed by atoms with E-state index in [0.29, 0.717) is 31.9 Å². The lowest BCUT2D eigenvalue weighted by molar-refractivity contribution is -0.138. The number of aryl methyl sites for hydroxylation is 2. The van der Waals surface area contributed by atoms with Gasteiger partial charge < -0.3 is 9.64 Å². The van der Waals surface area contributed by atoms with Crippen molar-refractivity contribution >= 4 is 17.2 Å². The van der Waals surface area contributed by atoms with Crippen molar-refractivity contribution in [2.75, 3.05) is 19.7 Å². The monoisotopic (exact) mass is 318 g/mol. The van der Waals surface area contributed by atoms with Gasteiger partial charge >= 0.3 is 0 Å². The summed E-state index contributed by atoms with van der Waals surface area (Å²) in [6.45, 7) is 5.46. The summed E-state index contributed by atoms with van der Waals surface area (Å²) in [7, 11) is 0. The van der Waals surface area contributed by atoms with Gasteiger partial charge in [-0.2, -0.15) is 0 Å². The van der Waals surface area contributed by atoms with Gasteiger partial charge in [0.05, 0.1) is 36.0 Å². The van der Waals surface area contributed by atoms with Gasteiger partial charge in [0.2, 0.25) is 5.91 Å². The van der Waals surface area contributed by atoms with Gasteiger partial charge in [-0.25, -0.2) is 15.0 Å². The van der Waals surface area contributed by atoms with Gasteiger partial charge in [-0.05, 0) is 19.9 Å². The average molecular weight is 318 g/mol. The van der Waals surface area contributed by atoms with E-state index in [-0.39, 0.29) is 12.0 Å². The van der Waals surface area contributed by atoms with E-state index >= 15 is 0 Å². The zero-order valence-electron chi connectivity index (χ0n) is 12.7. The van der Waals surface area contributed by atoms with Gasteiger partial charge in [-0.15, -0.1) is 11.3 Å². The fourth-order valence-electron chi connectivity index (χ4n) is 2.46. The van der Waals surface area contributed by atoms with Crippen molar-refractivity contribution in [1.29, 1.82) is 0 Å². The Morgan fingerprint density at radius 3 is 3.05 bits per heavy atom. The van der Waals surface area contributed by atoms with Crippen LogP contribution in [0.15, 0.2) is 17.6 Å². The van der Waals surface area contributed by atoms with Crippen LogP contribution in [0.3, 0.4) is 0 Å². The highest BCUT2D eigenvalue weighted by molar-refractivity contribution is 7.09. The molecule has 0 aromatic carbocycles. The van der Waals surface area contributed by atoms with Crippen molar-refractivity contribution in [2.45, 2.75) is 26.4 Å². The minimum atomic E-state index is -0.184. The first-order valence-electron chi connectivity index (χ1n) is 7.22. The summed E-state index contributed by atoms with van der Waals surface area (Å²) in [6, 6.07) is 1.84. The summed E-state index contributed by atoms with van der Waals surface area (Å²) in [6.07, 6.45) is 1.89. The van der Waals surface area contributed by atoms with Crippen LogP contribution in [-0.4, -0.2) is 45.5 Å². The second-order valence-corrected chi connectivity index (χ2v) is 6.32. The second kappa shape index (κ2) is 6.50. The maximum atomic E-state index is 12.4. The molecular weight excluding hydrogens is 300 g/mol. The van der Waals surface area contributed by atoms with E-state index in [1.807, 2.05) is 30.2 Å². The maximum Gasteiger partial charge on any atom is 0.228 e. The number of thiazole rings is 1. The molecule has 6 nitrogen and oxygen atoms in total. The van der Waals surface area contributed by atoms with E-state index in [1.54, 1.807) is 17.5 Å². The number of morpholine rings is 1. The molecule has 0 bridgehead atoms. The van der Waals surface area contributed by atoms with Gasteiger partial charge in [-0.1, -0.05) is 0 Å². The lowest BCUT2D eigenvalue weighted by Crippen LogP contribution is -2.43. The Balaban J connectivity index is 1.66. The quantitative estimate of drug-likeness (QED) is 0.861. The standard InChI is InChI=1S/C15H18N4O2S/c1-10-16-4-3-13(17-10)14-8-19(5-6-21-14)15(20)7-12-9-22-11(2)18-12/h3-4,9,14H,5-8H2,1-2H3/t14-/m1/s1. The molecule has 1 atom stereocenters. The summed E-state index contributed by atoms with van der Waals surface area (Å²) in [4.78, 5) is 27.1. The molecule has 22 heavy (non-hydrogen) atoms. The highest BCUT2D eigenvalue weighted by Gasteiger charge is 2.26. The van der Waals surface area contributed by atoms with Crippen molar-refractivity contribution in [3.63, 3.8) is 0 Å². The SMILES string of the molecule is Cc1nccc([C@H]2CN(C(=O)Cc3csc(C)n3)CCO2)n1. The zero-order chi connectivity index (χ0) is 15.5. The predicted octanol–water partition coefficient (Wildman–Crippen LogP) is 1.69. The Kier molecular flexibility index (Phi) is 4.44. The van der Waals surface area contributed by atoms with Crippen molar-refractivity contribution in [1.82, 2.24) is 19.9 Å². The molecule has 2 aromatic rings.